The third-order valence-corrected chi connectivity index (χ3v) is 5.35. The zero-order valence-electron chi connectivity index (χ0n) is 12.1. The lowest BCUT2D eigenvalue weighted by Crippen LogP contribution is -2.23. The maximum atomic E-state index is 12.4. The summed E-state index contributed by atoms with van der Waals surface area (Å²) in [5.41, 5.74) is 0.437. The van der Waals surface area contributed by atoms with Gasteiger partial charge in [-0.25, -0.2) is 17.9 Å². The Kier molecular flexibility index (Phi) is 4.64. The van der Waals surface area contributed by atoms with Gasteiger partial charge in [-0.05, 0) is 42.0 Å². The highest BCUT2D eigenvalue weighted by molar-refractivity contribution is 7.89. The van der Waals surface area contributed by atoms with Crippen LogP contribution in [-0.4, -0.2) is 8.42 Å². The van der Waals surface area contributed by atoms with Crippen molar-refractivity contribution in [2.75, 3.05) is 0 Å². The first-order valence-electron chi connectivity index (χ1n) is 6.83. The van der Waals surface area contributed by atoms with Gasteiger partial charge >= 0.3 is 5.63 Å². The summed E-state index contributed by atoms with van der Waals surface area (Å²) in [6, 6.07) is 11.8. The number of rotatable bonds is 4. The Balaban J connectivity index is 1.87. The highest BCUT2D eigenvalue weighted by Crippen LogP contribution is 2.22. The molecule has 0 amide bonds. The summed E-state index contributed by atoms with van der Waals surface area (Å²) in [5, 5.41) is 1.37. The second-order valence-electron chi connectivity index (χ2n) is 5.01. The molecule has 0 radical (unpaired) electrons. The molecule has 24 heavy (non-hydrogen) atoms. The van der Waals surface area contributed by atoms with Crippen molar-refractivity contribution < 1.29 is 12.8 Å². The minimum atomic E-state index is -3.75. The Hall–Kier alpha value is -1.86. The van der Waals surface area contributed by atoms with Gasteiger partial charge in [0.15, 0.2) is 0 Å². The molecular weight excluding hydrogens is 373 g/mol. The number of nitrogens with one attached hydrogen (secondary N) is 1. The van der Waals surface area contributed by atoms with E-state index in [1.807, 2.05) is 0 Å². The van der Waals surface area contributed by atoms with E-state index >= 15 is 0 Å². The number of benzene rings is 2. The van der Waals surface area contributed by atoms with Crippen molar-refractivity contribution in [3.05, 3.63) is 74.6 Å². The van der Waals surface area contributed by atoms with Crippen LogP contribution in [-0.2, 0) is 16.6 Å². The van der Waals surface area contributed by atoms with Crippen LogP contribution in [0.4, 0.5) is 0 Å². The van der Waals surface area contributed by atoms with Crippen LogP contribution in [0.25, 0.3) is 11.0 Å². The molecule has 0 unspecified atom stereocenters. The van der Waals surface area contributed by atoms with Gasteiger partial charge in [-0.1, -0.05) is 29.3 Å². The van der Waals surface area contributed by atoms with Gasteiger partial charge in [0.1, 0.15) is 5.58 Å². The van der Waals surface area contributed by atoms with E-state index in [4.69, 9.17) is 27.6 Å². The Morgan fingerprint density at radius 2 is 1.79 bits per heavy atom. The summed E-state index contributed by atoms with van der Waals surface area (Å²) in [7, 11) is -3.75. The molecule has 0 atom stereocenters. The van der Waals surface area contributed by atoms with E-state index in [9.17, 15) is 13.2 Å². The quantitative estimate of drug-likeness (QED) is 0.698. The molecule has 5 nitrogen and oxygen atoms in total. The maximum Gasteiger partial charge on any atom is 0.336 e. The van der Waals surface area contributed by atoms with Crippen molar-refractivity contribution in [1.82, 2.24) is 4.72 Å². The standard InChI is InChI=1S/C16H11Cl2NO4S/c17-12-3-1-11(14(18)8-12)9-19-24(21,22)13-4-5-15-10(7-13)2-6-16(20)23-15/h1-8,19H,9H2. The van der Waals surface area contributed by atoms with Gasteiger partial charge in [0, 0.05) is 28.0 Å². The predicted octanol–water partition coefficient (Wildman–Crippen LogP) is 3.58. The topological polar surface area (TPSA) is 76.4 Å². The van der Waals surface area contributed by atoms with Crippen molar-refractivity contribution in [2.45, 2.75) is 11.4 Å². The number of fused-ring (bicyclic) bond motifs is 1. The van der Waals surface area contributed by atoms with E-state index in [0.717, 1.165) is 0 Å². The van der Waals surface area contributed by atoms with E-state index in [1.54, 1.807) is 18.2 Å². The summed E-state index contributed by atoms with van der Waals surface area (Å²) in [5.74, 6) is 0. The van der Waals surface area contributed by atoms with Gasteiger partial charge in [0.05, 0.1) is 4.90 Å². The SMILES string of the molecule is O=c1ccc2cc(S(=O)(=O)NCc3ccc(Cl)cc3Cl)ccc2o1. The van der Waals surface area contributed by atoms with Crippen LogP contribution in [0.2, 0.25) is 10.0 Å². The Bertz CT molecular complexity index is 1080. The Morgan fingerprint density at radius 3 is 2.54 bits per heavy atom. The third-order valence-electron chi connectivity index (χ3n) is 3.37. The highest BCUT2D eigenvalue weighted by atomic mass is 35.5. The van der Waals surface area contributed by atoms with Crippen LogP contribution < -0.4 is 10.3 Å². The number of sulfonamides is 1. The van der Waals surface area contributed by atoms with E-state index < -0.39 is 15.6 Å². The first kappa shape index (κ1) is 17.0. The van der Waals surface area contributed by atoms with E-state index in [1.165, 1.54) is 30.3 Å². The normalized spacial score (nSPS) is 11.8. The van der Waals surface area contributed by atoms with Crippen molar-refractivity contribution in [3.8, 4) is 0 Å². The largest absolute Gasteiger partial charge is 0.423 e. The van der Waals surface area contributed by atoms with Crippen LogP contribution in [0.3, 0.4) is 0 Å². The second-order valence-corrected chi connectivity index (χ2v) is 7.62. The smallest absolute Gasteiger partial charge is 0.336 e. The van der Waals surface area contributed by atoms with Gasteiger partial charge in [-0.2, -0.15) is 0 Å². The Morgan fingerprint density at radius 1 is 1.00 bits per heavy atom. The average Bonchev–Trinajstić information content (AvgIpc) is 2.53. The molecule has 0 fully saturated rings. The van der Waals surface area contributed by atoms with Crippen LogP contribution in [0, 0.1) is 0 Å². The van der Waals surface area contributed by atoms with Crippen molar-refractivity contribution in [1.29, 1.82) is 0 Å². The van der Waals surface area contributed by atoms with Gasteiger partial charge < -0.3 is 4.42 Å². The molecule has 1 N–H and O–H groups in total. The lowest BCUT2D eigenvalue weighted by Gasteiger charge is -2.09. The minimum Gasteiger partial charge on any atom is -0.423 e. The van der Waals surface area contributed by atoms with Crippen molar-refractivity contribution in [2.24, 2.45) is 0 Å². The fraction of sp³-hybridized carbons (Fsp3) is 0.0625. The summed E-state index contributed by atoms with van der Waals surface area (Å²) in [4.78, 5) is 11.2. The molecule has 0 aliphatic rings. The summed E-state index contributed by atoms with van der Waals surface area (Å²) in [6.45, 7) is 0.0280. The van der Waals surface area contributed by atoms with Crippen LogP contribution in [0.5, 0.6) is 0 Å². The lowest BCUT2D eigenvalue weighted by atomic mass is 10.2. The molecule has 0 saturated carbocycles. The fourth-order valence-corrected chi connectivity index (χ4v) is 3.66. The molecule has 0 bridgehead atoms. The predicted molar refractivity (Wildman–Crippen MR) is 93.0 cm³/mol. The van der Waals surface area contributed by atoms with E-state index in [-0.39, 0.29) is 11.4 Å². The number of hydrogen-bond acceptors (Lipinski definition) is 4. The minimum absolute atomic E-state index is 0.0280. The zero-order chi connectivity index (χ0) is 17.3. The molecule has 1 heterocycles. The zero-order valence-corrected chi connectivity index (χ0v) is 14.5. The van der Waals surface area contributed by atoms with Gasteiger partial charge in [-0.15, -0.1) is 0 Å². The molecule has 2 aromatic carbocycles. The average molecular weight is 384 g/mol. The molecular formula is C16H11Cl2NO4S. The summed E-state index contributed by atoms with van der Waals surface area (Å²) < 4.78 is 32.3. The van der Waals surface area contributed by atoms with Crippen LogP contribution in [0.1, 0.15) is 5.56 Å². The molecule has 3 rings (SSSR count). The maximum absolute atomic E-state index is 12.4. The second kappa shape index (κ2) is 6.57. The van der Waals surface area contributed by atoms with E-state index in [0.29, 0.717) is 26.6 Å². The van der Waals surface area contributed by atoms with Crippen molar-refractivity contribution >= 4 is 44.2 Å². The molecule has 1 aromatic heterocycles. The van der Waals surface area contributed by atoms with Gasteiger partial charge in [0.25, 0.3) is 0 Å². The molecule has 124 valence electrons. The molecule has 0 saturated heterocycles. The fourth-order valence-electron chi connectivity index (χ4n) is 2.14. The first-order chi connectivity index (χ1) is 11.3. The molecule has 3 aromatic rings. The van der Waals surface area contributed by atoms with Crippen LogP contribution in [0.15, 0.2) is 62.6 Å². The molecule has 0 spiro atoms. The third kappa shape index (κ3) is 3.62. The molecule has 8 heteroatoms. The first-order valence-corrected chi connectivity index (χ1v) is 9.06. The Labute approximate surface area is 147 Å². The number of hydrogen-bond donors (Lipinski definition) is 1. The van der Waals surface area contributed by atoms with E-state index in [2.05, 4.69) is 4.72 Å². The van der Waals surface area contributed by atoms with Gasteiger partial charge in [-0.3, -0.25) is 0 Å². The highest BCUT2D eigenvalue weighted by Gasteiger charge is 2.15. The number of halogens is 2. The van der Waals surface area contributed by atoms with Gasteiger partial charge in [0.2, 0.25) is 10.0 Å². The summed E-state index contributed by atoms with van der Waals surface area (Å²) in [6.07, 6.45) is 0. The van der Waals surface area contributed by atoms with Crippen LogP contribution >= 0.6 is 23.2 Å². The van der Waals surface area contributed by atoms with Crippen molar-refractivity contribution in [3.63, 3.8) is 0 Å². The molecule has 0 aliphatic carbocycles. The monoisotopic (exact) mass is 383 g/mol. The lowest BCUT2D eigenvalue weighted by molar-refractivity contribution is 0.560. The summed E-state index contributed by atoms with van der Waals surface area (Å²) >= 11 is 11.9. The molecule has 0 aliphatic heterocycles.